The Morgan fingerprint density at radius 2 is 1.80 bits per heavy atom. The van der Waals surface area contributed by atoms with E-state index in [2.05, 4.69) is 49.5 Å². The fraction of sp³-hybridized carbons (Fsp3) is 0.385. The molecule has 2 amide bonds. The molecule has 2 aromatic carbocycles. The van der Waals surface area contributed by atoms with Crippen molar-refractivity contribution in [2.24, 2.45) is 7.05 Å². The van der Waals surface area contributed by atoms with Gasteiger partial charge in [-0.1, -0.05) is 30.3 Å². The summed E-state index contributed by atoms with van der Waals surface area (Å²) in [5, 5.41) is 5.82. The third-order valence-corrected chi connectivity index (χ3v) is 6.36. The summed E-state index contributed by atoms with van der Waals surface area (Å²) >= 11 is 0. The van der Waals surface area contributed by atoms with E-state index in [1.54, 1.807) is 29.8 Å². The highest BCUT2D eigenvalue weighted by atomic mass is 16.5. The molecule has 0 aliphatic carbocycles. The number of benzene rings is 2. The van der Waals surface area contributed by atoms with E-state index in [4.69, 9.17) is 0 Å². The Morgan fingerprint density at radius 3 is 2.51 bits per heavy atom. The van der Waals surface area contributed by atoms with Gasteiger partial charge in [0.05, 0.1) is 24.6 Å². The first-order valence-electron chi connectivity index (χ1n) is 11.8. The van der Waals surface area contributed by atoms with Gasteiger partial charge in [0.2, 0.25) is 0 Å². The summed E-state index contributed by atoms with van der Waals surface area (Å²) in [6.07, 6.45) is 1.88. The van der Waals surface area contributed by atoms with Gasteiger partial charge in [-0.15, -0.1) is 0 Å². The van der Waals surface area contributed by atoms with Gasteiger partial charge in [0.1, 0.15) is 0 Å². The molecule has 0 radical (unpaired) electrons. The van der Waals surface area contributed by atoms with Crippen LogP contribution in [0, 0.1) is 0 Å². The number of hydrogen-bond acceptors (Lipinski definition) is 6. The standard InChI is InChI=1S/C26H31N5O4/c1-30-22-9-8-19(25(33)27-13-10-23(32)35-2)16-21(22)29-24(30)26(34)28-20-11-14-31(15-12-20)17-18-6-4-3-5-7-18/h3-9,16,20H,10-15,17H2,1-2H3,(H,27,33)(H,28,34). The van der Waals surface area contributed by atoms with Crippen LogP contribution >= 0.6 is 0 Å². The largest absolute Gasteiger partial charge is 0.469 e. The summed E-state index contributed by atoms with van der Waals surface area (Å²) < 4.78 is 6.32. The second-order valence-corrected chi connectivity index (χ2v) is 8.79. The number of likely N-dealkylation sites (tertiary alicyclic amines) is 1. The number of hydrogen-bond donors (Lipinski definition) is 2. The lowest BCUT2D eigenvalue weighted by atomic mass is 10.0. The van der Waals surface area contributed by atoms with Crippen LogP contribution in [0.3, 0.4) is 0 Å². The maximum absolute atomic E-state index is 13.0. The highest BCUT2D eigenvalue weighted by Gasteiger charge is 2.24. The van der Waals surface area contributed by atoms with Crippen LogP contribution in [0.2, 0.25) is 0 Å². The first-order chi connectivity index (χ1) is 16.9. The van der Waals surface area contributed by atoms with E-state index >= 15 is 0 Å². The highest BCUT2D eigenvalue weighted by molar-refractivity contribution is 5.99. The summed E-state index contributed by atoms with van der Waals surface area (Å²) in [7, 11) is 3.10. The summed E-state index contributed by atoms with van der Waals surface area (Å²) in [5.74, 6) is -0.595. The van der Waals surface area contributed by atoms with Crippen LogP contribution < -0.4 is 10.6 Å². The minimum atomic E-state index is -0.386. The predicted octanol–water partition coefficient (Wildman–Crippen LogP) is 2.26. The van der Waals surface area contributed by atoms with E-state index in [0.717, 1.165) is 38.0 Å². The van der Waals surface area contributed by atoms with E-state index in [9.17, 15) is 14.4 Å². The number of esters is 1. The zero-order valence-corrected chi connectivity index (χ0v) is 20.1. The van der Waals surface area contributed by atoms with E-state index < -0.39 is 0 Å². The number of nitrogens with zero attached hydrogens (tertiary/aromatic N) is 3. The summed E-state index contributed by atoms with van der Waals surface area (Å²) in [4.78, 5) is 43.5. The number of piperidine rings is 1. The molecule has 1 saturated heterocycles. The van der Waals surface area contributed by atoms with E-state index in [1.165, 1.54) is 12.7 Å². The Balaban J connectivity index is 1.34. The van der Waals surface area contributed by atoms with Gasteiger partial charge in [-0.05, 0) is 36.6 Å². The first kappa shape index (κ1) is 24.4. The number of imidazole rings is 1. The molecule has 0 unspecified atom stereocenters. The minimum Gasteiger partial charge on any atom is -0.469 e. The fourth-order valence-corrected chi connectivity index (χ4v) is 4.35. The molecule has 1 aromatic heterocycles. The van der Waals surface area contributed by atoms with Gasteiger partial charge in [0.25, 0.3) is 11.8 Å². The molecule has 3 aromatic rings. The number of aromatic nitrogens is 2. The van der Waals surface area contributed by atoms with Crippen molar-refractivity contribution in [2.45, 2.75) is 31.8 Å². The normalized spacial score (nSPS) is 14.6. The number of nitrogens with one attached hydrogen (secondary N) is 2. The van der Waals surface area contributed by atoms with Crippen LogP contribution in [0.25, 0.3) is 11.0 Å². The van der Waals surface area contributed by atoms with Gasteiger partial charge in [0.15, 0.2) is 5.82 Å². The Labute approximate surface area is 204 Å². The SMILES string of the molecule is COC(=O)CCNC(=O)c1ccc2c(c1)nc(C(=O)NC1CCN(Cc3ccccc3)CC1)n2C. The first-order valence-corrected chi connectivity index (χ1v) is 11.8. The lowest BCUT2D eigenvalue weighted by Gasteiger charge is -2.32. The van der Waals surface area contributed by atoms with Crippen molar-refractivity contribution < 1.29 is 19.1 Å². The summed E-state index contributed by atoms with van der Waals surface area (Å²) in [6.45, 7) is 2.96. The van der Waals surface area contributed by atoms with E-state index in [-0.39, 0.29) is 36.8 Å². The smallest absolute Gasteiger partial charge is 0.307 e. The average Bonchev–Trinajstić information content (AvgIpc) is 3.21. The molecule has 9 nitrogen and oxygen atoms in total. The molecule has 0 bridgehead atoms. The molecule has 2 N–H and O–H groups in total. The van der Waals surface area contributed by atoms with Gasteiger partial charge in [0, 0.05) is 44.8 Å². The number of fused-ring (bicyclic) bond motifs is 1. The van der Waals surface area contributed by atoms with Gasteiger partial charge in [-0.3, -0.25) is 19.3 Å². The molecule has 4 rings (SSSR count). The zero-order chi connectivity index (χ0) is 24.8. The molecule has 0 spiro atoms. The molecular formula is C26H31N5O4. The van der Waals surface area contributed by atoms with E-state index in [0.29, 0.717) is 16.9 Å². The zero-order valence-electron chi connectivity index (χ0n) is 20.1. The lowest BCUT2D eigenvalue weighted by Crippen LogP contribution is -2.44. The van der Waals surface area contributed by atoms with E-state index in [1.807, 2.05) is 6.07 Å². The second-order valence-electron chi connectivity index (χ2n) is 8.79. The van der Waals surface area contributed by atoms with Crippen molar-refractivity contribution >= 4 is 28.8 Å². The van der Waals surface area contributed by atoms with Crippen molar-refractivity contribution in [2.75, 3.05) is 26.7 Å². The maximum atomic E-state index is 13.0. The van der Waals surface area contributed by atoms with Gasteiger partial charge < -0.3 is 19.9 Å². The molecule has 0 saturated carbocycles. The monoisotopic (exact) mass is 477 g/mol. The molecule has 35 heavy (non-hydrogen) atoms. The highest BCUT2D eigenvalue weighted by Crippen LogP contribution is 2.19. The quantitative estimate of drug-likeness (QED) is 0.482. The van der Waals surface area contributed by atoms with Crippen molar-refractivity contribution in [3.05, 3.63) is 65.5 Å². The summed E-state index contributed by atoms with van der Waals surface area (Å²) in [6, 6.07) is 15.6. The van der Waals surface area contributed by atoms with Crippen LogP contribution in [0.1, 0.15) is 45.8 Å². The molecule has 1 aliphatic heterocycles. The Morgan fingerprint density at radius 1 is 1.06 bits per heavy atom. The topological polar surface area (TPSA) is 106 Å². The van der Waals surface area contributed by atoms with Crippen LogP contribution in [0.4, 0.5) is 0 Å². The maximum Gasteiger partial charge on any atom is 0.307 e. The van der Waals surface area contributed by atoms with Crippen LogP contribution in [0.5, 0.6) is 0 Å². The number of methoxy groups -OCH3 is 1. The number of carbonyl (C=O) groups is 3. The fourth-order valence-electron chi connectivity index (χ4n) is 4.35. The van der Waals surface area contributed by atoms with Crippen molar-refractivity contribution in [1.29, 1.82) is 0 Å². The Bertz CT molecular complexity index is 1200. The molecule has 2 heterocycles. The second kappa shape index (κ2) is 11.1. The van der Waals surface area contributed by atoms with Gasteiger partial charge >= 0.3 is 5.97 Å². The molecule has 184 valence electrons. The molecule has 9 heteroatoms. The Hall–Kier alpha value is -3.72. The summed E-state index contributed by atoms with van der Waals surface area (Å²) in [5.41, 5.74) is 3.04. The third-order valence-electron chi connectivity index (χ3n) is 6.36. The number of ether oxygens (including phenoxy) is 1. The van der Waals surface area contributed by atoms with Crippen molar-refractivity contribution in [3.63, 3.8) is 0 Å². The number of aryl methyl sites for hydroxylation is 1. The number of carbonyl (C=O) groups excluding carboxylic acids is 3. The number of amides is 2. The molecular weight excluding hydrogens is 446 g/mol. The van der Waals surface area contributed by atoms with Crippen LogP contribution in [-0.4, -0.2) is 65.0 Å². The van der Waals surface area contributed by atoms with Crippen molar-refractivity contribution in [3.8, 4) is 0 Å². The van der Waals surface area contributed by atoms with Gasteiger partial charge in [-0.25, -0.2) is 4.98 Å². The van der Waals surface area contributed by atoms with Crippen LogP contribution in [-0.2, 0) is 23.1 Å². The molecule has 1 aliphatic rings. The third kappa shape index (κ3) is 6.05. The van der Waals surface area contributed by atoms with Crippen molar-refractivity contribution in [1.82, 2.24) is 25.1 Å². The van der Waals surface area contributed by atoms with Crippen LogP contribution in [0.15, 0.2) is 48.5 Å². The van der Waals surface area contributed by atoms with Gasteiger partial charge in [-0.2, -0.15) is 0 Å². The molecule has 0 atom stereocenters. The average molecular weight is 478 g/mol. The molecule has 1 fully saturated rings. The number of rotatable bonds is 8. The minimum absolute atomic E-state index is 0.101. The Kier molecular flexibility index (Phi) is 7.77. The lowest BCUT2D eigenvalue weighted by molar-refractivity contribution is -0.140. The predicted molar refractivity (Wildman–Crippen MR) is 132 cm³/mol.